The van der Waals surface area contributed by atoms with Crippen LogP contribution in [0.25, 0.3) is 0 Å². The van der Waals surface area contributed by atoms with Crippen molar-refractivity contribution < 1.29 is 22.4 Å². The Morgan fingerprint density at radius 2 is 1.55 bits per heavy atom. The third-order valence-electron chi connectivity index (χ3n) is 7.36. The zero-order valence-corrected chi connectivity index (χ0v) is 25.7. The quantitative estimate of drug-likeness (QED) is 0.252. The van der Waals surface area contributed by atoms with Gasteiger partial charge in [0.05, 0.1) is 11.9 Å². The first kappa shape index (κ1) is 32.8. The number of nitrogens with zero attached hydrogens (tertiary/aromatic N) is 2. The Labute approximate surface area is 249 Å². The van der Waals surface area contributed by atoms with Crippen LogP contribution in [0.2, 0.25) is 0 Å². The van der Waals surface area contributed by atoms with Crippen LogP contribution in [0.5, 0.6) is 0 Å². The number of carbonyl (C=O) groups excluding carboxylic acids is 2. The van der Waals surface area contributed by atoms with Crippen molar-refractivity contribution in [2.75, 3.05) is 17.1 Å². The average Bonchev–Trinajstić information content (AvgIpc) is 2.97. The second kappa shape index (κ2) is 15.5. The first-order valence-corrected chi connectivity index (χ1v) is 16.3. The van der Waals surface area contributed by atoms with E-state index in [4.69, 9.17) is 0 Å². The molecule has 42 heavy (non-hydrogen) atoms. The van der Waals surface area contributed by atoms with Crippen molar-refractivity contribution in [1.29, 1.82) is 0 Å². The molecule has 1 N–H and O–H groups in total. The fourth-order valence-corrected chi connectivity index (χ4v) is 5.67. The number of hydrogen-bond acceptors (Lipinski definition) is 4. The van der Waals surface area contributed by atoms with E-state index in [9.17, 15) is 22.4 Å². The highest BCUT2D eigenvalue weighted by molar-refractivity contribution is 7.92. The van der Waals surface area contributed by atoms with Gasteiger partial charge in [0.25, 0.3) is 0 Å². The maximum absolute atomic E-state index is 14.8. The number of anilines is 1. The van der Waals surface area contributed by atoms with Gasteiger partial charge in [-0.05, 0) is 55.5 Å². The van der Waals surface area contributed by atoms with Gasteiger partial charge in [-0.2, -0.15) is 0 Å². The third kappa shape index (κ3) is 9.41. The highest BCUT2D eigenvalue weighted by Crippen LogP contribution is 2.21. The van der Waals surface area contributed by atoms with Crippen LogP contribution in [0.4, 0.5) is 10.1 Å². The Morgan fingerprint density at radius 1 is 0.905 bits per heavy atom. The molecule has 2 amide bonds. The topological polar surface area (TPSA) is 86.8 Å². The van der Waals surface area contributed by atoms with E-state index in [0.29, 0.717) is 17.7 Å². The Hall–Kier alpha value is -3.72. The van der Waals surface area contributed by atoms with Gasteiger partial charge in [-0.1, -0.05) is 74.5 Å². The van der Waals surface area contributed by atoms with Gasteiger partial charge in [0, 0.05) is 37.5 Å². The summed E-state index contributed by atoms with van der Waals surface area (Å²) in [6, 6.07) is 21.9. The minimum atomic E-state index is -3.60. The van der Waals surface area contributed by atoms with E-state index in [2.05, 4.69) is 5.32 Å². The zero-order chi connectivity index (χ0) is 30.7. The monoisotopic (exact) mass is 595 g/mol. The number of halogens is 1. The van der Waals surface area contributed by atoms with Crippen LogP contribution in [0.3, 0.4) is 0 Å². The molecule has 3 aromatic rings. The molecule has 3 aromatic carbocycles. The van der Waals surface area contributed by atoms with Crippen LogP contribution < -0.4 is 9.62 Å². The van der Waals surface area contributed by atoms with Crippen molar-refractivity contribution in [2.24, 2.45) is 0 Å². The Morgan fingerprint density at radius 3 is 2.14 bits per heavy atom. The van der Waals surface area contributed by atoms with Crippen molar-refractivity contribution in [1.82, 2.24) is 10.2 Å². The van der Waals surface area contributed by atoms with Crippen LogP contribution in [0, 0.1) is 5.82 Å². The Bertz CT molecular complexity index is 1410. The second-order valence-electron chi connectivity index (χ2n) is 10.6. The van der Waals surface area contributed by atoms with Crippen molar-refractivity contribution in [2.45, 2.75) is 71.5 Å². The summed E-state index contributed by atoms with van der Waals surface area (Å²) in [7, 11) is -3.60. The maximum Gasteiger partial charge on any atom is 0.243 e. The van der Waals surface area contributed by atoms with Gasteiger partial charge in [-0.3, -0.25) is 13.9 Å². The smallest absolute Gasteiger partial charge is 0.243 e. The minimum Gasteiger partial charge on any atom is -0.352 e. The summed E-state index contributed by atoms with van der Waals surface area (Å²) in [5, 5.41) is 3.00. The molecule has 0 radical (unpaired) electrons. The lowest BCUT2D eigenvalue weighted by Crippen LogP contribution is -2.52. The van der Waals surface area contributed by atoms with Crippen LogP contribution in [-0.4, -0.2) is 50.0 Å². The summed E-state index contributed by atoms with van der Waals surface area (Å²) in [6.45, 7) is 5.88. The number of aryl methyl sites for hydroxylation is 1. The fourth-order valence-electron chi connectivity index (χ4n) is 4.71. The molecular weight excluding hydrogens is 553 g/mol. The van der Waals surface area contributed by atoms with Gasteiger partial charge in [0.2, 0.25) is 21.8 Å². The summed E-state index contributed by atoms with van der Waals surface area (Å²) < 4.78 is 41.4. The molecule has 0 heterocycles. The van der Waals surface area contributed by atoms with E-state index < -0.39 is 21.9 Å². The van der Waals surface area contributed by atoms with E-state index in [0.717, 1.165) is 23.8 Å². The molecule has 0 aliphatic carbocycles. The lowest BCUT2D eigenvalue weighted by molar-refractivity contribution is -0.141. The second-order valence-corrected chi connectivity index (χ2v) is 12.5. The fraction of sp³-hybridized carbons (Fsp3) is 0.394. The van der Waals surface area contributed by atoms with Gasteiger partial charge in [0.1, 0.15) is 11.9 Å². The maximum atomic E-state index is 14.8. The van der Waals surface area contributed by atoms with Gasteiger partial charge in [-0.25, -0.2) is 12.8 Å². The molecule has 0 aromatic heterocycles. The molecule has 0 saturated carbocycles. The molecular formula is C33H42FN3O4S. The number of benzene rings is 3. The first-order valence-electron chi connectivity index (χ1n) is 14.5. The SMILES string of the molecule is CCc1ccc(N(CCCC(=O)N(Cc2ccccc2F)[C@@H](Cc2ccccc2)C(=O)N[C@H](C)CC)S(C)(=O)=O)cc1. The molecule has 0 spiro atoms. The summed E-state index contributed by atoms with van der Waals surface area (Å²) in [5.41, 5.74) is 2.78. The molecule has 3 rings (SSSR count). The molecule has 7 nitrogen and oxygen atoms in total. The molecule has 0 aliphatic heterocycles. The molecule has 0 bridgehead atoms. The van der Waals surface area contributed by atoms with Crippen LogP contribution in [0.15, 0.2) is 78.9 Å². The highest BCUT2D eigenvalue weighted by atomic mass is 32.2. The van der Waals surface area contributed by atoms with E-state index >= 15 is 0 Å². The van der Waals surface area contributed by atoms with E-state index in [-0.39, 0.29) is 50.2 Å². The van der Waals surface area contributed by atoms with Gasteiger partial charge in [0.15, 0.2) is 0 Å². The lowest BCUT2D eigenvalue weighted by atomic mass is 10.0. The van der Waals surface area contributed by atoms with Gasteiger partial charge in [-0.15, -0.1) is 0 Å². The number of hydrogen-bond donors (Lipinski definition) is 1. The number of sulfonamides is 1. The standard InChI is InChI=1S/C33H42FN3O4S/c1-5-25(3)35-33(39)31(23-27-13-8-7-9-14-27)36(24-28-15-10-11-16-30(28)34)32(38)17-12-22-37(42(4,40)41)29-20-18-26(6-2)19-21-29/h7-11,13-16,18-21,25,31H,5-6,12,17,22-24H2,1-4H3,(H,35,39)/t25-,31+/m1/s1. The first-order chi connectivity index (χ1) is 20.0. The van der Waals surface area contributed by atoms with E-state index in [1.807, 2.05) is 63.2 Å². The largest absolute Gasteiger partial charge is 0.352 e. The summed E-state index contributed by atoms with van der Waals surface area (Å²) in [4.78, 5) is 28.9. The molecule has 9 heteroatoms. The predicted molar refractivity (Wildman–Crippen MR) is 166 cm³/mol. The molecule has 2 atom stereocenters. The van der Waals surface area contributed by atoms with Gasteiger partial charge < -0.3 is 10.2 Å². The minimum absolute atomic E-state index is 0.0184. The zero-order valence-electron chi connectivity index (χ0n) is 24.9. The number of carbonyl (C=O) groups is 2. The summed E-state index contributed by atoms with van der Waals surface area (Å²) in [6.07, 6.45) is 3.15. The number of amides is 2. The van der Waals surface area contributed by atoms with Crippen LogP contribution >= 0.6 is 0 Å². The van der Waals surface area contributed by atoms with Crippen LogP contribution in [0.1, 0.15) is 56.7 Å². The van der Waals surface area contributed by atoms with Crippen LogP contribution in [-0.2, 0) is 39.0 Å². The third-order valence-corrected chi connectivity index (χ3v) is 8.55. The summed E-state index contributed by atoms with van der Waals surface area (Å²) in [5.74, 6) is -1.13. The van der Waals surface area contributed by atoms with Crippen molar-refractivity contribution >= 4 is 27.5 Å². The van der Waals surface area contributed by atoms with E-state index in [1.165, 1.54) is 15.3 Å². The van der Waals surface area contributed by atoms with Crippen molar-refractivity contribution in [3.8, 4) is 0 Å². The molecule has 0 fully saturated rings. The Kier molecular flexibility index (Phi) is 12.1. The predicted octanol–water partition coefficient (Wildman–Crippen LogP) is 5.49. The molecule has 0 saturated heterocycles. The lowest BCUT2D eigenvalue weighted by Gasteiger charge is -2.33. The average molecular weight is 596 g/mol. The van der Waals surface area contributed by atoms with Gasteiger partial charge >= 0.3 is 0 Å². The number of nitrogens with one attached hydrogen (secondary N) is 1. The Balaban J connectivity index is 1.89. The molecule has 0 unspecified atom stereocenters. The normalized spacial score (nSPS) is 12.8. The van der Waals surface area contributed by atoms with E-state index in [1.54, 1.807) is 30.3 Å². The number of rotatable bonds is 15. The highest BCUT2D eigenvalue weighted by Gasteiger charge is 2.31. The van der Waals surface area contributed by atoms with Crippen molar-refractivity contribution in [3.05, 3.63) is 101 Å². The molecule has 0 aliphatic rings. The molecule has 226 valence electrons. The van der Waals surface area contributed by atoms with Crippen molar-refractivity contribution in [3.63, 3.8) is 0 Å². The summed E-state index contributed by atoms with van der Waals surface area (Å²) >= 11 is 0.